The number of carbonyl (C=O) groups is 1. The number of nitrogens with one attached hydrogen (secondary N) is 1. The largest absolute Gasteiger partial charge is 0.444 e. The van der Waals surface area contributed by atoms with Crippen molar-refractivity contribution in [1.29, 1.82) is 0 Å². The Bertz CT molecular complexity index is 1130. The van der Waals surface area contributed by atoms with Crippen LogP contribution >= 0.6 is 15.9 Å². The minimum atomic E-state index is -0.394. The molecular formula is C21H17BrFN3O2. The smallest absolute Gasteiger partial charge is 0.287 e. The Kier molecular flexibility index (Phi) is 5.00. The second-order valence-electron chi connectivity index (χ2n) is 6.53. The summed E-state index contributed by atoms with van der Waals surface area (Å²) < 4.78 is 21.3. The number of rotatable bonds is 5. The molecule has 0 radical (unpaired) electrons. The fourth-order valence-corrected chi connectivity index (χ4v) is 3.68. The molecule has 2 heterocycles. The zero-order chi connectivity index (χ0) is 19.7. The standard InChI is InChI=1S/C21H17BrFN3O2/c1-13-10-19(22)28-20(13)21(27)25-17(14-6-8-15(23)9-7-14)11-26-12-24-16-4-2-3-5-18(16)26/h2-10,12,17H,11H2,1H3,(H,25,27). The van der Waals surface area contributed by atoms with Crippen LogP contribution in [0.15, 0.2) is 70.0 Å². The number of nitrogens with zero attached hydrogens (tertiary/aromatic N) is 2. The lowest BCUT2D eigenvalue weighted by Gasteiger charge is -2.20. The molecule has 2 aromatic heterocycles. The molecule has 5 nitrogen and oxygen atoms in total. The number of aromatic nitrogens is 2. The van der Waals surface area contributed by atoms with Crippen LogP contribution in [0, 0.1) is 12.7 Å². The summed E-state index contributed by atoms with van der Waals surface area (Å²) in [5, 5.41) is 3.00. The van der Waals surface area contributed by atoms with Crippen molar-refractivity contribution in [3.05, 3.63) is 88.3 Å². The molecule has 0 aliphatic rings. The number of carbonyl (C=O) groups excluding carboxylic acids is 1. The zero-order valence-corrected chi connectivity index (χ0v) is 16.6. The molecule has 28 heavy (non-hydrogen) atoms. The summed E-state index contributed by atoms with van der Waals surface area (Å²) in [6.45, 7) is 2.25. The summed E-state index contributed by atoms with van der Waals surface area (Å²) in [5.41, 5.74) is 3.35. The number of benzene rings is 2. The van der Waals surface area contributed by atoms with Crippen LogP contribution in [0.25, 0.3) is 11.0 Å². The fraction of sp³-hybridized carbons (Fsp3) is 0.143. The maximum absolute atomic E-state index is 13.4. The van der Waals surface area contributed by atoms with E-state index in [1.165, 1.54) is 12.1 Å². The van der Waals surface area contributed by atoms with Gasteiger partial charge in [-0.05, 0) is 58.7 Å². The molecule has 2 aromatic carbocycles. The zero-order valence-electron chi connectivity index (χ0n) is 15.0. The number of aryl methyl sites for hydroxylation is 1. The van der Waals surface area contributed by atoms with Crippen molar-refractivity contribution < 1.29 is 13.6 Å². The van der Waals surface area contributed by atoms with Gasteiger partial charge in [0.15, 0.2) is 10.4 Å². The summed E-state index contributed by atoms with van der Waals surface area (Å²) in [6, 6.07) is 15.2. The van der Waals surface area contributed by atoms with E-state index in [0.29, 0.717) is 11.2 Å². The average Bonchev–Trinajstić information content (AvgIpc) is 3.24. The third-order valence-corrected chi connectivity index (χ3v) is 4.97. The van der Waals surface area contributed by atoms with Gasteiger partial charge < -0.3 is 14.3 Å². The summed E-state index contributed by atoms with van der Waals surface area (Å²) in [5.74, 6) is -0.413. The predicted molar refractivity (Wildman–Crippen MR) is 107 cm³/mol. The molecule has 7 heteroatoms. The van der Waals surface area contributed by atoms with Crippen molar-refractivity contribution in [1.82, 2.24) is 14.9 Å². The van der Waals surface area contributed by atoms with E-state index in [9.17, 15) is 9.18 Å². The van der Waals surface area contributed by atoms with Crippen LogP contribution in [0.4, 0.5) is 4.39 Å². The molecule has 0 spiro atoms. The van der Waals surface area contributed by atoms with Crippen molar-refractivity contribution >= 4 is 32.9 Å². The van der Waals surface area contributed by atoms with Crippen molar-refractivity contribution in [2.45, 2.75) is 19.5 Å². The van der Waals surface area contributed by atoms with Crippen LogP contribution in [0.5, 0.6) is 0 Å². The summed E-state index contributed by atoms with van der Waals surface area (Å²) in [7, 11) is 0. The summed E-state index contributed by atoms with van der Waals surface area (Å²) in [6.07, 6.45) is 1.74. The first-order valence-electron chi connectivity index (χ1n) is 8.73. The van der Waals surface area contributed by atoms with E-state index in [0.717, 1.165) is 22.2 Å². The van der Waals surface area contributed by atoms with Gasteiger partial charge in [-0.3, -0.25) is 4.79 Å². The summed E-state index contributed by atoms with van der Waals surface area (Å²) in [4.78, 5) is 17.2. The number of halogens is 2. The van der Waals surface area contributed by atoms with Crippen LogP contribution in [-0.2, 0) is 6.54 Å². The van der Waals surface area contributed by atoms with Gasteiger partial charge in [0.1, 0.15) is 5.82 Å². The van der Waals surface area contributed by atoms with Gasteiger partial charge in [0, 0.05) is 12.1 Å². The third kappa shape index (κ3) is 3.71. The van der Waals surface area contributed by atoms with E-state index >= 15 is 0 Å². The number of furan rings is 1. The average molecular weight is 442 g/mol. The van der Waals surface area contributed by atoms with E-state index in [-0.39, 0.29) is 17.5 Å². The Morgan fingerprint density at radius 2 is 2.00 bits per heavy atom. The molecule has 0 fully saturated rings. The van der Waals surface area contributed by atoms with Gasteiger partial charge in [0.05, 0.1) is 23.4 Å². The normalized spacial score (nSPS) is 12.2. The number of para-hydroxylation sites is 2. The lowest BCUT2D eigenvalue weighted by molar-refractivity contribution is 0.0902. The Labute approximate surface area is 169 Å². The quantitative estimate of drug-likeness (QED) is 0.473. The number of hydrogen-bond donors (Lipinski definition) is 1. The molecule has 1 amide bonds. The molecule has 0 saturated heterocycles. The Morgan fingerprint density at radius 1 is 1.25 bits per heavy atom. The number of amides is 1. The van der Waals surface area contributed by atoms with E-state index in [1.807, 2.05) is 28.8 Å². The Hall–Kier alpha value is -2.93. The minimum Gasteiger partial charge on any atom is -0.444 e. The second kappa shape index (κ2) is 7.59. The first-order valence-corrected chi connectivity index (χ1v) is 9.52. The number of imidazole rings is 1. The van der Waals surface area contributed by atoms with Gasteiger partial charge in [-0.25, -0.2) is 9.37 Å². The van der Waals surface area contributed by atoms with E-state index in [1.54, 1.807) is 31.5 Å². The second-order valence-corrected chi connectivity index (χ2v) is 7.31. The van der Waals surface area contributed by atoms with Gasteiger partial charge in [-0.2, -0.15) is 0 Å². The first kappa shape index (κ1) is 18.4. The maximum atomic E-state index is 13.4. The highest BCUT2D eigenvalue weighted by atomic mass is 79.9. The molecule has 0 bridgehead atoms. The van der Waals surface area contributed by atoms with Gasteiger partial charge >= 0.3 is 0 Å². The topological polar surface area (TPSA) is 60.1 Å². The third-order valence-electron chi connectivity index (χ3n) is 4.58. The molecule has 142 valence electrons. The molecule has 4 aromatic rings. The molecule has 0 aliphatic carbocycles. The van der Waals surface area contributed by atoms with E-state index in [4.69, 9.17) is 4.42 Å². The van der Waals surface area contributed by atoms with E-state index in [2.05, 4.69) is 26.2 Å². The Balaban J connectivity index is 1.66. The van der Waals surface area contributed by atoms with Crippen LogP contribution in [0.1, 0.15) is 27.7 Å². The predicted octanol–water partition coefficient (Wildman–Crippen LogP) is 5.01. The van der Waals surface area contributed by atoms with Crippen molar-refractivity contribution in [3.8, 4) is 0 Å². The SMILES string of the molecule is Cc1cc(Br)oc1C(=O)NC(Cn1cnc2ccccc21)c1ccc(F)cc1. The molecule has 0 aliphatic heterocycles. The molecule has 0 saturated carbocycles. The van der Waals surface area contributed by atoms with Crippen LogP contribution in [-0.4, -0.2) is 15.5 Å². The van der Waals surface area contributed by atoms with Crippen LogP contribution in [0.2, 0.25) is 0 Å². The minimum absolute atomic E-state index is 0.245. The highest BCUT2D eigenvalue weighted by molar-refractivity contribution is 9.10. The fourth-order valence-electron chi connectivity index (χ4n) is 3.17. The van der Waals surface area contributed by atoms with Crippen molar-refractivity contribution in [3.63, 3.8) is 0 Å². The van der Waals surface area contributed by atoms with Crippen molar-refractivity contribution in [2.24, 2.45) is 0 Å². The number of fused-ring (bicyclic) bond motifs is 1. The van der Waals surface area contributed by atoms with E-state index < -0.39 is 6.04 Å². The van der Waals surface area contributed by atoms with Gasteiger partial charge in [-0.15, -0.1) is 0 Å². The molecule has 1 unspecified atom stereocenters. The molecule has 1 N–H and O–H groups in total. The monoisotopic (exact) mass is 441 g/mol. The van der Waals surface area contributed by atoms with Gasteiger partial charge in [-0.1, -0.05) is 24.3 Å². The van der Waals surface area contributed by atoms with Gasteiger partial charge in [0.2, 0.25) is 0 Å². The van der Waals surface area contributed by atoms with Crippen LogP contribution < -0.4 is 5.32 Å². The lowest BCUT2D eigenvalue weighted by Crippen LogP contribution is -2.31. The highest BCUT2D eigenvalue weighted by Gasteiger charge is 2.21. The first-order chi connectivity index (χ1) is 13.5. The number of hydrogen-bond acceptors (Lipinski definition) is 3. The molecule has 1 atom stereocenters. The molecular weight excluding hydrogens is 425 g/mol. The maximum Gasteiger partial charge on any atom is 0.287 e. The van der Waals surface area contributed by atoms with Crippen LogP contribution in [0.3, 0.4) is 0 Å². The van der Waals surface area contributed by atoms with Crippen molar-refractivity contribution in [2.75, 3.05) is 0 Å². The Morgan fingerprint density at radius 3 is 2.71 bits per heavy atom. The molecule has 4 rings (SSSR count). The summed E-state index contributed by atoms with van der Waals surface area (Å²) >= 11 is 3.25. The highest BCUT2D eigenvalue weighted by Crippen LogP contribution is 2.23. The lowest BCUT2D eigenvalue weighted by atomic mass is 10.1. The van der Waals surface area contributed by atoms with Gasteiger partial charge in [0.25, 0.3) is 5.91 Å².